The predicted molar refractivity (Wildman–Crippen MR) is 106 cm³/mol. The summed E-state index contributed by atoms with van der Waals surface area (Å²) in [6, 6.07) is 0. The third-order valence-corrected chi connectivity index (χ3v) is 5.45. The number of fused-ring (bicyclic) bond motifs is 1. The molecule has 142 valence electrons. The second kappa shape index (κ2) is 8.45. The fourth-order valence-electron chi connectivity index (χ4n) is 2.28. The molecule has 0 fully saturated rings. The van der Waals surface area contributed by atoms with Crippen LogP contribution >= 0.6 is 46.1 Å². The van der Waals surface area contributed by atoms with Crippen molar-refractivity contribution in [3.63, 3.8) is 0 Å². The van der Waals surface area contributed by atoms with Gasteiger partial charge in [-0.3, -0.25) is 4.79 Å². The molecule has 27 heavy (non-hydrogen) atoms. The van der Waals surface area contributed by atoms with Gasteiger partial charge in [0, 0.05) is 18.7 Å². The lowest BCUT2D eigenvalue weighted by molar-refractivity contribution is 0.0512. The van der Waals surface area contributed by atoms with Gasteiger partial charge in [0.15, 0.2) is 18.3 Å². The van der Waals surface area contributed by atoms with Gasteiger partial charge in [-0.05, 0) is 0 Å². The van der Waals surface area contributed by atoms with Crippen LogP contribution in [0.1, 0.15) is 10.4 Å². The first-order valence-corrected chi connectivity index (χ1v) is 9.35. The van der Waals surface area contributed by atoms with Crippen molar-refractivity contribution in [3.05, 3.63) is 38.5 Å². The fraction of sp³-hybridized carbons (Fsp3) is 0.188. The molecule has 1 amide bonds. The zero-order valence-electron chi connectivity index (χ0n) is 14.0. The fourth-order valence-corrected chi connectivity index (χ4v) is 4.21. The predicted octanol–water partition coefficient (Wildman–Crippen LogP) is 4.90. The Balaban J connectivity index is 2.04. The van der Waals surface area contributed by atoms with Crippen LogP contribution in [0.2, 0.25) is 15.1 Å². The van der Waals surface area contributed by atoms with Crippen LogP contribution in [0.4, 0.5) is 5.69 Å². The van der Waals surface area contributed by atoms with Crippen molar-refractivity contribution in [3.8, 4) is 11.5 Å². The first-order chi connectivity index (χ1) is 13.0. The number of carbonyl (C=O) groups is 1. The number of hydrogen-bond donors (Lipinski definition) is 1. The van der Waals surface area contributed by atoms with Gasteiger partial charge in [0.1, 0.15) is 21.4 Å². The van der Waals surface area contributed by atoms with E-state index >= 15 is 0 Å². The molecule has 0 aliphatic heterocycles. The molecule has 0 spiro atoms. The van der Waals surface area contributed by atoms with E-state index in [1.54, 1.807) is 11.6 Å². The van der Waals surface area contributed by atoms with Crippen LogP contribution in [0.25, 0.3) is 10.2 Å². The number of carbonyl (C=O) groups excluding carboxylic acids is 1. The Hall–Kier alpha value is -1.84. The number of aromatic nitrogens is 2. The van der Waals surface area contributed by atoms with E-state index in [1.807, 2.05) is 0 Å². The lowest BCUT2D eigenvalue weighted by Gasteiger charge is -2.18. The van der Waals surface area contributed by atoms with E-state index < -0.39 is 5.91 Å². The quantitative estimate of drug-likeness (QED) is 0.540. The minimum atomic E-state index is -0.453. The largest absolute Gasteiger partial charge is 0.493 e. The number of amides is 1. The topological polar surface area (TPSA) is 82.6 Å². The first-order valence-electron chi connectivity index (χ1n) is 7.34. The number of benzene rings is 1. The molecule has 0 radical (unpaired) electrons. The second-order valence-corrected chi connectivity index (χ2v) is 7.11. The average molecular weight is 449 g/mol. The Morgan fingerprint density at radius 3 is 2.63 bits per heavy atom. The molecule has 1 N–H and O–H groups in total. The molecule has 3 aromatic rings. The molecule has 2 aromatic heterocycles. The summed E-state index contributed by atoms with van der Waals surface area (Å²) >= 11 is 20.3. The third kappa shape index (κ3) is 3.76. The number of nitrogens with zero attached hydrogens (tertiary/aromatic N) is 2. The van der Waals surface area contributed by atoms with E-state index in [0.29, 0.717) is 11.1 Å². The van der Waals surface area contributed by atoms with Gasteiger partial charge in [-0.1, -0.05) is 34.8 Å². The van der Waals surface area contributed by atoms with Crippen LogP contribution in [0.3, 0.4) is 0 Å². The van der Waals surface area contributed by atoms with Crippen molar-refractivity contribution in [2.45, 2.75) is 0 Å². The highest BCUT2D eigenvalue weighted by Gasteiger charge is 2.25. The maximum Gasteiger partial charge on any atom is 0.258 e. The lowest BCUT2D eigenvalue weighted by Crippen LogP contribution is -2.13. The van der Waals surface area contributed by atoms with Crippen LogP contribution in [0, 0.1) is 0 Å². The van der Waals surface area contributed by atoms with Gasteiger partial charge in [0.25, 0.3) is 5.91 Å². The first kappa shape index (κ1) is 19.9. The molecule has 0 saturated carbocycles. The van der Waals surface area contributed by atoms with Crippen LogP contribution in [0.5, 0.6) is 11.5 Å². The van der Waals surface area contributed by atoms with Gasteiger partial charge < -0.3 is 19.5 Å². The highest BCUT2D eigenvalue weighted by atomic mass is 35.5. The van der Waals surface area contributed by atoms with Gasteiger partial charge in [-0.25, -0.2) is 9.97 Å². The number of thiophene rings is 1. The Kier molecular flexibility index (Phi) is 6.23. The molecule has 0 atom stereocenters. The summed E-state index contributed by atoms with van der Waals surface area (Å²) in [5.41, 5.74) is 0.985. The number of ether oxygens (including phenoxy) is 3. The Morgan fingerprint density at radius 1 is 1.19 bits per heavy atom. The molecule has 3 rings (SSSR count). The van der Waals surface area contributed by atoms with Crippen molar-refractivity contribution in [2.75, 3.05) is 26.3 Å². The summed E-state index contributed by atoms with van der Waals surface area (Å²) < 4.78 is 16.3. The molecular formula is C16H12Cl3N3O4S. The molecule has 11 heteroatoms. The van der Waals surface area contributed by atoms with Crippen molar-refractivity contribution >= 4 is 68.0 Å². The van der Waals surface area contributed by atoms with Crippen LogP contribution in [-0.2, 0) is 4.74 Å². The number of hydrogen-bond acceptors (Lipinski definition) is 7. The maximum atomic E-state index is 12.8. The molecule has 2 heterocycles. The summed E-state index contributed by atoms with van der Waals surface area (Å²) in [5, 5.41) is 4.47. The van der Waals surface area contributed by atoms with Crippen LogP contribution in [-0.4, -0.2) is 36.9 Å². The highest BCUT2D eigenvalue weighted by molar-refractivity contribution is 7.17. The maximum absolute atomic E-state index is 12.8. The van der Waals surface area contributed by atoms with Crippen molar-refractivity contribution in [2.24, 2.45) is 0 Å². The summed E-state index contributed by atoms with van der Waals surface area (Å²) in [5.74, 6) is -0.262. The normalized spacial score (nSPS) is 10.9. The third-order valence-electron chi connectivity index (χ3n) is 3.48. The molecule has 0 aliphatic rings. The number of halogens is 3. The van der Waals surface area contributed by atoms with E-state index in [0.717, 1.165) is 4.70 Å². The van der Waals surface area contributed by atoms with E-state index in [-0.39, 0.29) is 39.0 Å². The summed E-state index contributed by atoms with van der Waals surface area (Å²) in [6.07, 6.45) is 3.00. The summed E-state index contributed by atoms with van der Waals surface area (Å²) in [4.78, 5) is 20.9. The minimum absolute atomic E-state index is 0.0189. The highest BCUT2D eigenvalue weighted by Crippen LogP contribution is 2.50. The zero-order valence-corrected chi connectivity index (χ0v) is 17.1. The SMILES string of the molecule is COCOc1c(Cl)c(NC(=O)c2csc3cncnc23)c(Cl)c(OC)c1Cl. The van der Waals surface area contributed by atoms with E-state index in [2.05, 4.69) is 15.3 Å². The van der Waals surface area contributed by atoms with Gasteiger partial charge in [0.05, 0.1) is 28.6 Å². The molecule has 0 saturated heterocycles. The standard InChI is InChI=1S/C16H12Cl3N3O4S/c1-24-6-26-15-10(18)13(9(17)14(25-2)11(15)19)22-16(23)7-4-27-8-3-20-5-21-12(7)8/h3-5H,6H2,1-2H3,(H,22,23). The molecular weight excluding hydrogens is 437 g/mol. The number of methoxy groups -OCH3 is 2. The summed E-state index contributed by atoms with van der Waals surface area (Å²) in [6.45, 7) is -0.107. The Morgan fingerprint density at radius 2 is 1.93 bits per heavy atom. The van der Waals surface area contributed by atoms with Gasteiger partial charge >= 0.3 is 0 Å². The second-order valence-electron chi connectivity index (χ2n) is 5.07. The number of rotatable bonds is 6. The van der Waals surface area contributed by atoms with Gasteiger partial charge in [-0.15, -0.1) is 11.3 Å². The number of anilines is 1. The molecule has 0 bridgehead atoms. The Labute approximate surface area is 173 Å². The molecule has 1 aromatic carbocycles. The van der Waals surface area contributed by atoms with Gasteiger partial charge in [0.2, 0.25) is 0 Å². The van der Waals surface area contributed by atoms with Crippen molar-refractivity contribution in [1.29, 1.82) is 0 Å². The monoisotopic (exact) mass is 447 g/mol. The van der Waals surface area contributed by atoms with Crippen LogP contribution in [0.15, 0.2) is 17.9 Å². The van der Waals surface area contributed by atoms with E-state index in [9.17, 15) is 4.79 Å². The molecule has 7 nitrogen and oxygen atoms in total. The van der Waals surface area contributed by atoms with Crippen LogP contribution < -0.4 is 14.8 Å². The lowest BCUT2D eigenvalue weighted by atomic mass is 10.2. The molecule has 0 aliphatic carbocycles. The van der Waals surface area contributed by atoms with Crippen molar-refractivity contribution < 1.29 is 19.0 Å². The minimum Gasteiger partial charge on any atom is -0.493 e. The van der Waals surface area contributed by atoms with E-state index in [4.69, 9.17) is 49.0 Å². The molecule has 0 unspecified atom stereocenters. The number of nitrogens with one attached hydrogen (secondary N) is 1. The van der Waals surface area contributed by atoms with Gasteiger partial charge in [-0.2, -0.15) is 0 Å². The Bertz CT molecular complexity index is 1010. The smallest absolute Gasteiger partial charge is 0.258 e. The summed E-state index contributed by atoms with van der Waals surface area (Å²) in [7, 11) is 2.83. The average Bonchev–Trinajstić information content (AvgIpc) is 3.10. The zero-order chi connectivity index (χ0) is 19.6. The van der Waals surface area contributed by atoms with E-state index in [1.165, 1.54) is 31.9 Å². The van der Waals surface area contributed by atoms with Crippen molar-refractivity contribution in [1.82, 2.24) is 9.97 Å².